The smallest absolute Gasteiger partial charge is 0.251 e. The minimum Gasteiger partial charge on any atom is -0.494 e. The van der Waals surface area contributed by atoms with Crippen molar-refractivity contribution in [2.75, 3.05) is 6.61 Å². The molecule has 144 valence electrons. The van der Waals surface area contributed by atoms with E-state index in [4.69, 9.17) is 9.47 Å². The van der Waals surface area contributed by atoms with Crippen molar-refractivity contribution >= 4 is 5.91 Å². The van der Waals surface area contributed by atoms with E-state index in [-0.39, 0.29) is 12.0 Å². The van der Waals surface area contributed by atoms with Crippen LogP contribution >= 0.6 is 0 Å². The maximum atomic E-state index is 12.5. The third-order valence-corrected chi connectivity index (χ3v) is 4.56. The maximum Gasteiger partial charge on any atom is 0.251 e. The summed E-state index contributed by atoms with van der Waals surface area (Å²) in [4.78, 5) is 12.5. The molecule has 3 aromatic rings. The minimum atomic E-state index is -0.166. The van der Waals surface area contributed by atoms with Gasteiger partial charge in [-0.3, -0.25) is 4.79 Å². The normalized spacial score (nSPS) is 15.0. The number of tetrazole rings is 1. The van der Waals surface area contributed by atoms with Crippen LogP contribution in [0.15, 0.2) is 42.7 Å². The number of nitrogens with one attached hydrogen (secondary N) is 1. The molecule has 0 fully saturated rings. The lowest BCUT2D eigenvalue weighted by molar-refractivity contribution is 0.0950. The Morgan fingerprint density at radius 1 is 1.32 bits per heavy atom. The van der Waals surface area contributed by atoms with E-state index in [1.54, 1.807) is 24.3 Å². The van der Waals surface area contributed by atoms with Crippen LogP contribution in [0.2, 0.25) is 0 Å². The summed E-state index contributed by atoms with van der Waals surface area (Å²) in [6.07, 6.45) is 2.53. The predicted molar refractivity (Wildman–Crippen MR) is 102 cm³/mol. The lowest BCUT2D eigenvalue weighted by Crippen LogP contribution is -2.23. The first-order valence-electron chi connectivity index (χ1n) is 9.21. The highest BCUT2D eigenvalue weighted by Gasteiger charge is 2.22. The third-order valence-electron chi connectivity index (χ3n) is 4.56. The van der Waals surface area contributed by atoms with Gasteiger partial charge in [-0.25, -0.2) is 4.68 Å². The topological polar surface area (TPSA) is 91.2 Å². The molecular formula is C20H21N5O3. The van der Waals surface area contributed by atoms with Gasteiger partial charge in [0.25, 0.3) is 5.91 Å². The summed E-state index contributed by atoms with van der Waals surface area (Å²) in [6.45, 7) is 4.91. The van der Waals surface area contributed by atoms with E-state index in [1.165, 1.54) is 11.0 Å². The van der Waals surface area contributed by atoms with Gasteiger partial charge in [0, 0.05) is 29.7 Å². The number of hydrogen-bond acceptors (Lipinski definition) is 6. The van der Waals surface area contributed by atoms with Gasteiger partial charge in [-0.15, -0.1) is 5.10 Å². The SMILES string of the molecule is CCOc1cc2c(cc1CNC(=O)c1ccc(-n3cnnn3)cc1)OC(C)C2. The molecule has 1 amide bonds. The Labute approximate surface area is 162 Å². The molecule has 0 saturated carbocycles. The second-order valence-electron chi connectivity index (χ2n) is 6.62. The molecule has 0 saturated heterocycles. The Bertz CT molecular complexity index is 970. The van der Waals surface area contributed by atoms with Crippen molar-refractivity contribution < 1.29 is 14.3 Å². The number of fused-ring (bicyclic) bond motifs is 1. The summed E-state index contributed by atoms with van der Waals surface area (Å²) in [5.41, 5.74) is 3.38. The fourth-order valence-corrected chi connectivity index (χ4v) is 3.23. The molecule has 1 aromatic heterocycles. The van der Waals surface area contributed by atoms with E-state index in [1.807, 2.05) is 26.0 Å². The number of rotatable bonds is 6. The largest absolute Gasteiger partial charge is 0.494 e. The predicted octanol–water partition coefficient (Wildman–Crippen LogP) is 2.31. The highest BCUT2D eigenvalue weighted by molar-refractivity contribution is 5.94. The van der Waals surface area contributed by atoms with Gasteiger partial charge in [-0.2, -0.15) is 0 Å². The first-order valence-corrected chi connectivity index (χ1v) is 9.21. The van der Waals surface area contributed by atoms with Crippen molar-refractivity contribution in [2.45, 2.75) is 32.9 Å². The van der Waals surface area contributed by atoms with Crippen molar-refractivity contribution in [1.82, 2.24) is 25.5 Å². The summed E-state index contributed by atoms with van der Waals surface area (Å²) >= 11 is 0. The third kappa shape index (κ3) is 3.66. The molecule has 0 bridgehead atoms. The molecular weight excluding hydrogens is 358 g/mol. The fraction of sp³-hybridized carbons (Fsp3) is 0.300. The van der Waals surface area contributed by atoms with Crippen molar-refractivity contribution in [3.05, 3.63) is 59.4 Å². The molecule has 0 radical (unpaired) electrons. The van der Waals surface area contributed by atoms with Gasteiger partial charge in [0.1, 0.15) is 23.9 Å². The van der Waals surface area contributed by atoms with E-state index in [0.29, 0.717) is 18.7 Å². The van der Waals surface area contributed by atoms with E-state index in [2.05, 4.69) is 20.8 Å². The average molecular weight is 379 g/mol. The lowest BCUT2D eigenvalue weighted by atomic mass is 10.1. The Hall–Kier alpha value is -3.42. The van der Waals surface area contributed by atoms with Gasteiger partial charge in [0.05, 0.1) is 12.3 Å². The molecule has 0 spiro atoms. The van der Waals surface area contributed by atoms with Crippen molar-refractivity contribution in [3.8, 4) is 17.2 Å². The van der Waals surface area contributed by atoms with E-state index < -0.39 is 0 Å². The van der Waals surface area contributed by atoms with E-state index in [0.717, 1.165) is 34.7 Å². The molecule has 2 aromatic carbocycles. The second kappa shape index (κ2) is 7.67. The zero-order chi connectivity index (χ0) is 19.5. The van der Waals surface area contributed by atoms with Gasteiger partial charge in [0.15, 0.2) is 0 Å². The van der Waals surface area contributed by atoms with Crippen LogP contribution in [-0.4, -0.2) is 38.8 Å². The van der Waals surface area contributed by atoms with Crippen LogP contribution in [0, 0.1) is 0 Å². The van der Waals surface area contributed by atoms with Gasteiger partial charge >= 0.3 is 0 Å². The van der Waals surface area contributed by atoms with Gasteiger partial charge in [-0.05, 0) is 60.7 Å². The van der Waals surface area contributed by atoms with Crippen LogP contribution in [0.25, 0.3) is 5.69 Å². The molecule has 1 N–H and O–H groups in total. The number of hydrogen-bond donors (Lipinski definition) is 1. The zero-order valence-corrected chi connectivity index (χ0v) is 15.8. The molecule has 4 rings (SSSR count). The molecule has 2 heterocycles. The molecule has 1 aliphatic heterocycles. The Morgan fingerprint density at radius 2 is 2.14 bits per heavy atom. The number of amides is 1. The van der Waals surface area contributed by atoms with Crippen LogP contribution in [0.3, 0.4) is 0 Å². The summed E-state index contributed by atoms with van der Waals surface area (Å²) in [5, 5.41) is 14.0. The minimum absolute atomic E-state index is 0.160. The quantitative estimate of drug-likeness (QED) is 0.707. The van der Waals surface area contributed by atoms with Crippen LogP contribution in [0.4, 0.5) is 0 Å². The Kier molecular flexibility index (Phi) is 4.92. The number of carbonyl (C=O) groups is 1. The molecule has 1 atom stereocenters. The molecule has 28 heavy (non-hydrogen) atoms. The lowest BCUT2D eigenvalue weighted by Gasteiger charge is -2.13. The number of aromatic nitrogens is 4. The molecule has 8 heteroatoms. The van der Waals surface area contributed by atoms with Crippen molar-refractivity contribution in [2.24, 2.45) is 0 Å². The first-order chi connectivity index (χ1) is 13.6. The molecule has 8 nitrogen and oxygen atoms in total. The van der Waals surface area contributed by atoms with E-state index >= 15 is 0 Å². The molecule has 1 unspecified atom stereocenters. The van der Waals surface area contributed by atoms with Crippen LogP contribution < -0.4 is 14.8 Å². The highest BCUT2D eigenvalue weighted by Crippen LogP contribution is 2.35. The van der Waals surface area contributed by atoms with Crippen LogP contribution in [-0.2, 0) is 13.0 Å². The van der Waals surface area contributed by atoms with Crippen molar-refractivity contribution in [3.63, 3.8) is 0 Å². The van der Waals surface area contributed by atoms with Crippen LogP contribution in [0.5, 0.6) is 11.5 Å². The summed E-state index contributed by atoms with van der Waals surface area (Å²) < 4.78 is 13.1. The standard InChI is InChI=1S/C20H21N5O3/c1-3-27-18-9-15-8-13(2)28-19(15)10-16(18)11-21-20(26)14-4-6-17(7-5-14)25-12-22-23-24-25/h4-7,9-10,12-13H,3,8,11H2,1-2H3,(H,21,26). The zero-order valence-electron chi connectivity index (χ0n) is 15.8. The first kappa shape index (κ1) is 18.0. The molecule has 1 aliphatic rings. The van der Waals surface area contributed by atoms with Gasteiger partial charge in [0.2, 0.25) is 0 Å². The number of ether oxygens (including phenoxy) is 2. The summed E-state index contributed by atoms with van der Waals surface area (Å²) in [7, 11) is 0. The number of benzene rings is 2. The Morgan fingerprint density at radius 3 is 2.86 bits per heavy atom. The Balaban J connectivity index is 1.46. The fourth-order valence-electron chi connectivity index (χ4n) is 3.23. The number of carbonyl (C=O) groups excluding carboxylic acids is 1. The van der Waals surface area contributed by atoms with Gasteiger partial charge in [-0.1, -0.05) is 0 Å². The highest BCUT2D eigenvalue weighted by atomic mass is 16.5. The summed E-state index contributed by atoms with van der Waals surface area (Å²) in [5.74, 6) is 1.49. The van der Waals surface area contributed by atoms with Crippen molar-refractivity contribution in [1.29, 1.82) is 0 Å². The van der Waals surface area contributed by atoms with Gasteiger partial charge < -0.3 is 14.8 Å². The second-order valence-corrected chi connectivity index (χ2v) is 6.62. The molecule has 0 aliphatic carbocycles. The van der Waals surface area contributed by atoms with Crippen LogP contribution in [0.1, 0.15) is 35.3 Å². The number of nitrogens with zero attached hydrogens (tertiary/aromatic N) is 4. The average Bonchev–Trinajstić information content (AvgIpc) is 3.35. The van der Waals surface area contributed by atoms with E-state index in [9.17, 15) is 4.79 Å². The monoisotopic (exact) mass is 379 g/mol. The maximum absolute atomic E-state index is 12.5. The summed E-state index contributed by atoms with van der Waals surface area (Å²) in [6, 6.07) is 11.0.